The number of benzene rings is 1. The van der Waals surface area contributed by atoms with Gasteiger partial charge in [-0.25, -0.2) is 17.2 Å². The van der Waals surface area contributed by atoms with Gasteiger partial charge < -0.3 is 10.4 Å². The van der Waals surface area contributed by atoms with Gasteiger partial charge in [-0.3, -0.25) is 0 Å². The number of aliphatic hydroxyl groups excluding tert-OH is 1. The van der Waals surface area contributed by atoms with Gasteiger partial charge in [-0.15, -0.1) is 0 Å². The van der Waals surface area contributed by atoms with E-state index in [-0.39, 0.29) is 17.2 Å². The maximum absolute atomic E-state index is 12.9. The largest absolute Gasteiger partial charge is 0.390 e. The predicted molar refractivity (Wildman–Crippen MR) is 58.4 cm³/mol. The Kier molecular flexibility index (Phi) is 3.05. The molecule has 1 saturated heterocycles. The zero-order chi connectivity index (χ0) is 12.6. The van der Waals surface area contributed by atoms with Crippen molar-refractivity contribution < 1.29 is 22.3 Å². The van der Waals surface area contributed by atoms with Crippen molar-refractivity contribution in [2.45, 2.75) is 12.1 Å². The normalized spacial score (nSPS) is 27.0. The first-order valence-electron chi connectivity index (χ1n) is 4.97. The topological polar surface area (TPSA) is 66.4 Å². The van der Waals surface area contributed by atoms with Crippen molar-refractivity contribution >= 4 is 15.5 Å². The first kappa shape index (κ1) is 12.3. The van der Waals surface area contributed by atoms with E-state index in [2.05, 4.69) is 5.32 Å². The van der Waals surface area contributed by atoms with Crippen LogP contribution < -0.4 is 5.32 Å². The Morgan fingerprint density at radius 3 is 2.47 bits per heavy atom. The number of hydrogen-bond donors (Lipinski definition) is 2. The number of halogens is 2. The number of anilines is 1. The molecule has 4 nitrogen and oxygen atoms in total. The molecule has 1 fully saturated rings. The molecule has 17 heavy (non-hydrogen) atoms. The molecule has 0 saturated carbocycles. The molecular formula is C10H11F2NO3S. The summed E-state index contributed by atoms with van der Waals surface area (Å²) in [5, 5.41) is 12.2. The van der Waals surface area contributed by atoms with E-state index in [0.29, 0.717) is 0 Å². The summed E-state index contributed by atoms with van der Waals surface area (Å²) in [5.41, 5.74) is 0.241. The van der Waals surface area contributed by atoms with Gasteiger partial charge in [-0.05, 0) is 12.1 Å². The van der Waals surface area contributed by atoms with E-state index in [1.54, 1.807) is 0 Å². The van der Waals surface area contributed by atoms with Crippen LogP contribution in [0.4, 0.5) is 14.5 Å². The molecule has 2 atom stereocenters. The lowest BCUT2D eigenvalue weighted by molar-refractivity contribution is 0.190. The van der Waals surface area contributed by atoms with E-state index < -0.39 is 33.6 Å². The van der Waals surface area contributed by atoms with Crippen molar-refractivity contribution in [3.63, 3.8) is 0 Å². The maximum Gasteiger partial charge on any atom is 0.160 e. The summed E-state index contributed by atoms with van der Waals surface area (Å²) in [7, 11) is -3.26. The van der Waals surface area contributed by atoms with Gasteiger partial charge in [0.25, 0.3) is 0 Å². The van der Waals surface area contributed by atoms with E-state index >= 15 is 0 Å². The highest BCUT2D eigenvalue weighted by Crippen LogP contribution is 2.19. The summed E-state index contributed by atoms with van der Waals surface area (Å²) in [6.45, 7) is 0. The lowest BCUT2D eigenvalue weighted by Gasteiger charge is -2.16. The molecule has 1 aliphatic rings. The quantitative estimate of drug-likeness (QED) is 0.817. The third-order valence-electron chi connectivity index (χ3n) is 2.59. The number of aliphatic hydroxyl groups is 1. The number of hydrogen-bond acceptors (Lipinski definition) is 4. The molecule has 94 valence electrons. The predicted octanol–water partition coefficient (Wildman–Crippen LogP) is 0.535. The minimum atomic E-state index is -3.26. The van der Waals surface area contributed by atoms with Gasteiger partial charge in [0, 0.05) is 11.8 Å². The molecule has 1 aromatic carbocycles. The smallest absolute Gasteiger partial charge is 0.160 e. The molecule has 0 amide bonds. The highest BCUT2D eigenvalue weighted by atomic mass is 32.2. The monoisotopic (exact) mass is 263 g/mol. The van der Waals surface area contributed by atoms with Crippen LogP contribution in [0.5, 0.6) is 0 Å². The average Bonchev–Trinajstić information content (AvgIpc) is 2.46. The number of nitrogens with one attached hydrogen (secondary N) is 1. The summed E-state index contributed by atoms with van der Waals surface area (Å²) >= 11 is 0. The summed E-state index contributed by atoms with van der Waals surface area (Å²) in [6.07, 6.45) is -1.03. The second-order valence-electron chi connectivity index (χ2n) is 4.02. The fourth-order valence-electron chi connectivity index (χ4n) is 1.77. The molecular weight excluding hydrogens is 252 g/mol. The second-order valence-corrected chi connectivity index (χ2v) is 6.18. The SMILES string of the molecule is O=S1(=O)CC(O)C(Nc2ccc(F)c(F)c2)C1. The first-order valence-corrected chi connectivity index (χ1v) is 6.79. The standard InChI is InChI=1S/C10H11F2NO3S/c11-7-2-1-6(3-8(7)12)13-9-4-17(15,16)5-10(9)14/h1-3,9-10,13-14H,4-5H2. The molecule has 0 bridgehead atoms. The third-order valence-corrected chi connectivity index (χ3v) is 4.31. The van der Waals surface area contributed by atoms with Crippen molar-refractivity contribution in [1.82, 2.24) is 0 Å². The molecule has 0 spiro atoms. The van der Waals surface area contributed by atoms with Crippen molar-refractivity contribution in [3.8, 4) is 0 Å². The van der Waals surface area contributed by atoms with Crippen molar-refractivity contribution in [2.24, 2.45) is 0 Å². The third kappa shape index (κ3) is 2.73. The Morgan fingerprint density at radius 1 is 1.24 bits per heavy atom. The highest BCUT2D eigenvalue weighted by molar-refractivity contribution is 7.91. The van der Waals surface area contributed by atoms with Crippen LogP contribution in [0.15, 0.2) is 18.2 Å². The summed E-state index contributed by atoms with van der Waals surface area (Å²) < 4.78 is 48.0. The maximum atomic E-state index is 12.9. The Balaban J connectivity index is 2.14. The van der Waals surface area contributed by atoms with Gasteiger partial charge in [-0.2, -0.15) is 0 Å². The van der Waals surface area contributed by atoms with E-state index in [1.165, 1.54) is 6.07 Å². The van der Waals surface area contributed by atoms with Crippen LogP contribution in [0.25, 0.3) is 0 Å². The Bertz CT molecular complexity index is 532. The van der Waals surface area contributed by atoms with Crippen LogP contribution in [0.2, 0.25) is 0 Å². The van der Waals surface area contributed by atoms with E-state index in [1.807, 2.05) is 0 Å². The van der Waals surface area contributed by atoms with E-state index in [0.717, 1.165) is 12.1 Å². The van der Waals surface area contributed by atoms with E-state index in [4.69, 9.17) is 0 Å². The molecule has 2 N–H and O–H groups in total. The zero-order valence-electron chi connectivity index (χ0n) is 8.73. The molecule has 2 unspecified atom stereocenters. The molecule has 0 radical (unpaired) electrons. The van der Waals surface area contributed by atoms with Crippen molar-refractivity contribution in [1.29, 1.82) is 0 Å². The first-order chi connectivity index (χ1) is 7.87. The fraction of sp³-hybridized carbons (Fsp3) is 0.400. The Labute approximate surface area is 97.2 Å². The van der Waals surface area contributed by atoms with Crippen LogP contribution in [-0.2, 0) is 9.84 Å². The molecule has 2 rings (SSSR count). The van der Waals surface area contributed by atoms with Crippen molar-refractivity contribution in [3.05, 3.63) is 29.8 Å². The minimum Gasteiger partial charge on any atom is -0.390 e. The Morgan fingerprint density at radius 2 is 1.94 bits per heavy atom. The van der Waals surface area contributed by atoms with Gasteiger partial charge in [0.05, 0.1) is 23.7 Å². The van der Waals surface area contributed by atoms with Gasteiger partial charge >= 0.3 is 0 Å². The molecule has 7 heteroatoms. The van der Waals surface area contributed by atoms with Gasteiger partial charge in [0.2, 0.25) is 0 Å². The van der Waals surface area contributed by atoms with Gasteiger partial charge in [-0.1, -0.05) is 0 Å². The molecule has 1 aromatic rings. The van der Waals surface area contributed by atoms with Crippen LogP contribution in [-0.4, -0.2) is 37.2 Å². The Hall–Kier alpha value is -1.21. The summed E-state index contributed by atoms with van der Waals surface area (Å²) in [4.78, 5) is 0. The number of rotatable bonds is 2. The molecule has 1 aliphatic heterocycles. The molecule has 0 aromatic heterocycles. The summed E-state index contributed by atoms with van der Waals surface area (Å²) in [5.74, 6) is -2.53. The lowest BCUT2D eigenvalue weighted by Crippen LogP contribution is -2.31. The van der Waals surface area contributed by atoms with Crippen LogP contribution in [0.3, 0.4) is 0 Å². The lowest BCUT2D eigenvalue weighted by atomic mass is 10.2. The van der Waals surface area contributed by atoms with Crippen molar-refractivity contribution in [2.75, 3.05) is 16.8 Å². The van der Waals surface area contributed by atoms with Gasteiger partial charge in [0.15, 0.2) is 21.5 Å². The van der Waals surface area contributed by atoms with Gasteiger partial charge in [0.1, 0.15) is 0 Å². The second kappa shape index (κ2) is 4.23. The highest BCUT2D eigenvalue weighted by Gasteiger charge is 2.36. The molecule has 1 heterocycles. The van der Waals surface area contributed by atoms with Crippen LogP contribution in [0.1, 0.15) is 0 Å². The number of sulfone groups is 1. The minimum absolute atomic E-state index is 0.215. The fourth-order valence-corrected chi connectivity index (χ4v) is 3.51. The zero-order valence-corrected chi connectivity index (χ0v) is 9.55. The summed E-state index contributed by atoms with van der Waals surface area (Å²) in [6, 6.07) is 2.46. The van der Waals surface area contributed by atoms with E-state index in [9.17, 15) is 22.3 Å². The molecule has 0 aliphatic carbocycles. The van der Waals surface area contributed by atoms with Crippen LogP contribution in [0, 0.1) is 11.6 Å². The average molecular weight is 263 g/mol. The van der Waals surface area contributed by atoms with Crippen LogP contribution >= 0.6 is 0 Å².